The van der Waals surface area contributed by atoms with Gasteiger partial charge in [0.2, 0.25) is 5.78 Å². The molecule has 0 aromatic heterocycles. The summed E-state index contributed by atoms with van der Waals surface area (Å²) in [6, 6.07) is 0. The topological polar surface area (TPSA) is 63.6 Å². The normalized spacial score (nSPS) is 24.8. The summed E-state index contributed by atoms with van der Waals surface area (Å²) >= 11 is 0. The van der Waals surface area contributed by atoms with Gasteiger partial charge in [-0.3, -0.25) is 9.59 Å². The number of hydrogen-bond donors (Lipinski definition) is 1. The van der Waals surface area contributed by atoms with Crippen LogP contribution in [-0.2, 0) is 14.3 Å². The Labute approximate surface area is 101 Å². The summed E-state index contributed by atoms with van der Waals surface area (Å²) in [4.78, 5) is 22.3. The van der Waals surface area contributed by atoms with Crippen molar-refractivity contribution in [2.75, 3.05) is 6.61 Å². The molecule has 4 nitrogen and oxygen atoms in total. The number of allylic oxidation sites excluding steroid dienone is 3. The van der Waals surface area contributed by atoms with Gasteiger partial charge in [-0.25, -0.2) is 0 Å². The second-order valence-electron chi connectivity index (χ2n) is 4.50. The lowest BCUT2D eigenvalue weighted by atomic mass is 9.74. The first-order valence-electron chi connectivity index (χ1n) is 5.68. The van der Waals surface area contributed by atoms with Gasteiger partial charge in [0.05, 0.1) is 0 Å². The van der Waals surface area contributed by atoms with Crippen LogP contribution in [0.4, 0.5) is 0 Å². The molecule has 0 spiro atoms. The Balaban J connectivity index is 2.48. The molecule has 94 valence electrons. The number of ether oxygens (including phenoxy) is 1. The van der Waals surface area contributed by atoms with Gasteiger partial charge in [0.15, 0.2) is 5.76 Å². The van der Waals surface area contributed by atoms with E-state index in [4.69, 9.17) is 4.74 Å². The number of ketones is 1. The molecule has 1 aliphatic rings. The van der Waals surface area contributed by atoms with E-state index >= 15 is 0 Å². The van der Waals surface area contributed by atoms with Gasteiger partial charge >= 0.3 is 5.97 Å². The predicted octanol–water partition coefficient (Wildman–Crippen LogP) is 2.31. The van der Waals surface area contributed by atoms with E-state index in [0.717, 1.165) is 6.42 Å². The van der Waals surface area contributed by atoms with E-state index in [9.17, 15) is 14.7 Å². The van der Waals surface area contributed by atoms with E-state index in [1.807, 2.05) is 13.0 Å². The smallest absolute Gasteiger partial charge is 0.302 e. The molecule has 0 aliphatic heterocycles. The number of carbonyl (C=O) groups is 2. The average Bonchev–Trinajstić information content (AvgIpc) is 2.25. The highest BCUT2D eigenvalue weighted by molar-refractivity contribution is 5.98. The van der Waals surface area contributed by atoms with Crippen molar-refractivity contribution in [1.82, 2.24) is 0 Å². The van der Waals surface area contributed by atoms with Crippen LogP contribution >= 0.6 is 0 Å². The van der Waals surface area contributed by atoms with Crippen molar-refractivity contribution < 1.29 is 19.4 Å². The molecule has 4 heteroatoms. The first-order chi connectivity index (χ1) is 7.96. The quantitative estimate of drug-likeness (QED) is 0.603. The van der Waals surface area contributed by atoms with E-state index in [2.05, 4.69) is 0 Å². The second kappa shape index (κ2) is 5.66. The highest BCUT2D eigenvalue weighted by Crippen LogP contribution is 2.35. The third-order valence-electron chi connectivity index (χ3n) is 2.93. The van der Waals surface area contributed by atoms with Crippen LogP contribution in [0.25, 0.3) is 0 Å². The molecule has 0 amide bonds. The summed E-state index contributed by atoms with van der Waals surface area (Å²) in [5, 5.41) is 9.41. The largest absolute Gasteiger partial charge is 0.505 e. The first kappa shape index (κ1) is 13.5. The molecular weight excluding hydrogens is 220 g/mol. The highest BCUT2D eigenvalue weighted by atomic mass is 16.5. The van der Waals surface area contributed by atoms with Crippen LogP contribution in [0.5, 0.6) is 0 Å². The van der Waals surface area contributed by atoms with E-state index in [-0.39, 0.29) is 24.1 Å². The molecule has 0 bridgehead atoms. The number of rotatable bonds is 4. The van der Waals surface area contributed by atoms with Gasteiger partial charge < -0.3 is 9.84 Å². The SMILES string of the molecule is CC(=O)OC/C=C/C[C@@]1(C)CCC=C(O)C1=O. The van der Waals surface area contributed by atoms with Crippen molar-refractivity contribution in [3.8, 4) is 0 Å². The van der Waals surface area contributed by atoms with Crippen molar-refractivity contribution in [2.45, 2.75) is 33.1 Å². The second-order valence-corrected chi connectivity index (χ2v) is 4.50. The van der Waals surface area contributed by atoms with Gasteiger partial charge in [-0.2, -0.15) is 0 Å². The fourth-order valence-electron chi connectivity index (χ4n) is 1.81. The summed E-state index contributed by atoms with van der Waals surface area (Å²) in [7, 11) is 0. The van der Waals surface area contributed by atoms with Crippen LogP contribution in [0.2, 0.25) is 0 Å². The van der Waals surface area contributed by atoms with E-state index in [0.29, 0.717) is 12.8 Å². The van der Waals surface area contributed by atoms with Crippen LogP contribution in [-0.4, -0.2) is 23.5 Å². The average molecular weight is 238 g/mol. The minimum Gasteiger partial charge on any atom is -0.505 e. The van der Waals surface area contributed by atoms with Gasteiger partial charge in [0.25, 0.3) is 0 Å². The molecule has 0 heterocycles. The molecule has 0 aromatic rings. The van der Waals surface area contributed by atoms with Crippen molar-refractivity contribution in [3.05, 3.63) is 24.0 Å². The maximum Gasteiger partial charge on any atom is 0.302 e. The van der Waals surface area contributed by atoms with Gasteiger partial charge in [0, 0.05) is 12.3 Å². The van der Waals surface area contributed by atoms with Crippen LogP contribution in [0.1, 0.15) is 33.1 Å². The molecule has 17 heavy (non-hydrogen) atoms. The molecule has 0 saturated carbocycles. The third-order valence-corrected chi connectivity index (χ3v) is 2.93. The molecule has 0 aromatic carbocycles. The molecular formula is C13H18O4. The maximum absolute atomic E-state index is 11.8. The summed E-state index contributed by atoms with van der Waals surface area (Å²) in [6.45, 7) is 3.42. The van der Waals surface area contributed by atoms with Crippen molar-refractivity contribution in [1.29, 1.82) is 0 Å². The van der Waals surface area contributed by atoms with E-state index < -0.39 is 5.41 Å². The standard InChI is InChI=1S/C13H18O4/c1-10(14)17-9-4-3-7-13(2)8-5-6-11(15)12(13)16/h3-4,6,15H,5,7-9H2,1-2H3/b4-3+/t13-/m0/s1. The monoisotopic (exact) mass is 238 g/mol. The molecule has 0 unspecified atom stereocenters. The minimum absolute atomic E-state index is 0.132. The van der Waals surface area contributed by atoms with Crippen LogP contribution in [0.3, 0.4) is 0 Å². The Morgan fingerprint density at radius 1 is 1.59 bits per heavy atom. The lowest BCUT2D eigenvalue weighted by molar-refractivity contribution is -0.139. The molecule has 0 saturated heterocycles. The summed E-state index contributed by atoms with van der Waals surface area (Å²) in [5.41, 5.74) is -0.536. The zero-order valence-electron chi connectivity index (χ0n) is 10.2. The van der Waals surface area contributed by atoms with Crippen molar-refractivity contribution >= 4 is 11.8 Å². The third kappa shape index (κ3) is 3.73. The molecule has 1 rings (SSSR count). The summed E-state index contributed by atoms with van der Waals surface area (Å²) in [5.74, 6) is -0.664. The lowest BCUT2D eigenvalue weighted by Gasteiger charge is -2.28. The van der Waals surface area contributed by atoms with Crippen LogP contribution in [0, 0.1) is 5.41 Å². The van der Waals surface area contributed by atoms with Gasteiger partial charge in [-0.1, -0.05) is 19.1 Å². The fraction of sp³-hybridized carbons (Fsp3) is 0.538. The predicted molar refractivity (Wildman–Crippen MR) is 63.4 cm³/mol. The summed E-state index contributed by atoms with van der Waals surface area (Å²) in [6.07, 6.45) is 7.09. The number of esters is 1. The number of hydrogen-bond acceptors (Lipinski definition) is 4. The number of carbonyl (C=O) groups excluding carboxylic acids is 2. The van der Waals surface area contributed by atoms with E-state index in [1.165, 1.54) is 6.92 Å². The van der Waals surface area contributed by atoms with Crippen LogP contribution in [0.15, 0.2) is 24.0 Å². The fourth-order valence-corrected chi connectivity index (χ4v) is 1.81. The Hall–Kier alpha value is -1.58. The number of aliphatic hydroxyl groups excluding tert-OH is 1. The van der Waals surface area contributed by atoms with Crippen molar-refractivity contribution in [3.63, 3.8) is 0 Å². The maximum atomic E-state index is 11.8. The molecule has 0 fully saturated rings. The number of aliphatic hydroxyl groups is 1. The number of Topliss-reactive ketones (excluding diaryl/α,β-unsaturated/α-hetero) is 1. The van der Waals surface area contributed by atoms with Crippen LogP contribution < -0.4 is 0 Å². The zero-order valence-corrected chi connectivity index (χ0v) is 10.2. The van der Waals surface area contributed by atoms with Gasteiger partial charge in [-0.05, 0) is 25.3 Å². The minimum atomic E-state index is -0.536. The molecule has 1 aliphatic carbocycles. The van der Waals surface area contributed by atoms with Gasteiger partial charge in [0.1, 0.15) is 6.61 Å². The Morgan fingerprint density at radius 3 is 2.94 bits per heavy atom. The van der Waals surface area contributed by atoms with Crippen molar-refractivity contribution in [2.24, 2.45) is 5.41 Å². The molecule has 1 atom stereocenters. The highest BCUT2D eigenvalue weighted by Gasteiger charge is 2.36. The van der Waals surface area contributed by atoms with E-state index in [1.54, 1.807) is 12.2 Å². The van der Waals surface area contributed by atoms with Gasteiger partial charge in [-0.15, -0.1) is 0 Å². The Morgan fingerprint density at radius 2 is 2.29 bits per heavy atom. The Kier molecular flexibility index (Phi) is 4.49. The Bertz CT molecular complexity index is 368. The first-order valence-corrected chi connectivity index (χ1v) is 5.68. The summed E-state index contributed by atoms with van der Waals surface area (Å²) < 4.78 is 4.74. The zero-order chi connectivity index (χ0) is 12.9. The lowest BCUT2D eigenvalue weighted by Crippen LogP contribution is -2.31. The molecule has 1 N–H and O–H groups in total. The molecule has 0 radical (unpaired) electrons.